The van der Waals surface area contributed by atoms with E-state index >= 15 is 0 Å². The maximum absolute atomic E-state index is 12.3. The summed E-state index contributed by atoms with van der Waals surface area (Å²) in [4.78, 5) is 18.4. The van der Waals surface area contributed by atoms with Crippen molar-refractivity contribution in [3.8, 4) is 0 Å². The van der Waals surface area contributed by atoms with Crippen molar-refractivity contribution < 1.29 is 9.53 Å². The summed E-state index contributed by atoms with van der Waals surface area (Å²) in [6, 6.07) is 5.65. The SMILES string of the molecule is CC(N[C@@H](C)c1ccccn1)C(=O)N1CCOCC1. The van der Waals surface area contributed by atoms with Gasteiger partial charge in [-0.3, -0.25) is 15.1 Å². The van der Waals surface area contributed by atoms with E-state index in [2.05, 4.69) is 10.3 Å². The van der Waals surface area contributed by atoms with E-state index in [0.29, 0.717) is 26.3 Å². The molecule has 19 heavy (non-hydrogen) atoms. The lowest BCUT2D eigenvalue weighted by molar-refractivity contribution is -0.137. The quantitative estimate of drug-likeness (QED) is 0.880. The number of carbonyl (C=O) groups excluding carboxylic acids is 1. The Morgan fingerprint density at radius 1 is 1.37 bits per heavy atom. The molecule has 0 spiro atoms. The summed E-state index contributed by atoms with van der Waals surface area (Å²) < 4.78 is 5.26. The Kier molecular flexibility index (Phi) is 4.87. The lowest BCUT2D eigenvalue weighted by Crippen LogP contribution is -2.49. The van der Waals surface area contributed by atoms with Crippen LogP contribution in [-0.2, 0) is 9.53 Å². The standard InChI is InChI=1S/C14H21N3O2/c1-11(13-5-3-4-6-15-13)16-12(2)14(18)17-7-9-19-10-8-17/h3-6,11-12,16H,7-10H2,1-2H3/t11-,12?/m0/s1. The van der Waals surface area contributed by atoms with Gasteiger partial charge < -0.3 is 9.64 Å². The van der Waals surface area contributed by atoms with Crippen molar-refractivity contribution in [1.29, 1.82) is 0 Å². The van der Waals surface area contributed by atoms with Crippen LogP contribution < -0.4 is 5.32 Å². The lowest BCUT2D eigenvalue weighted by atomic mass is 10.1. The molecule has 2 atom stereocenters. The number of hydrogen-bond donors (Lipinski definition) is 1. The average molecular weight is 263 g/mol. The fourth-order valence-electron chi connectivity index (χ4n) is 2.22. The zero-order chi connectivity index (χ0) is 13.7. The number of aromatic nitrogens is 1. The third kappa shape index (κ3) is 3.75. The van der Waals surface area contributed by atoms with Crippen LogP contribution in [0, 0.1) is 0 Å². The smallest absolute Gasteiger partial charge is 0.239 e. The molecule has 2 rings (SSSR count). The van der Waals surface area contributed by atoms with E-state index in [0.717, 1.165) is 5.69 Å². The predicted octanol–water partition coefficient (Wildman–Crippen LogP) is 0.979. The van der Waals surface area contributed by atoms with Crippen molar-refractivity contribution in [2.24, 2.45) is 0 Å². The van der Waals surface area contributed by atoms with Gasteiger partial charge in [0.2, 0.25) is 5.91 Å². The van der Waals surface area contributed by atoms with Gasteiger partial charge in [-0.25, -0.2) is 0 Å². The Morgan fingerprint density at radius 2 is 2.11 bits per heavy atom. The maximum Gasteiger partial charge on any atom is 0.239 e. The molecule has 1 fully saturated rings. The third-order valence-corrected chi connectivity index (χ3v) is 3.32. The summed E-state index contributed by atoms with van der Waals surface area (Å²) in [5.74, 6) is 0.131. The highest BCUT2D eigenvalue weighted by molar-refractivity contribution is 5.81. The summed E-state index contributed by atoms with van der Waals surface area (Å²) >= 11 is 0. The second kappa shape index (κ2) is 6.63. The van der Waals surface area contributed by atoms with Gasteiger partial charge in [0.15, 0.2) is 0 Å². The van der Waals surface area contributed by atoms with Crippen LogP contribution in [0.1, 0.15) is 25.6 Å². The zero-order valence-electron chi connectivity index (χ0n) is 11.5. The number of nitrogens with one attached hydrogen (secondary N) is 1. The topological polar surface area (TPSA) is 54.5 Å². The first kappa shape index (κ1) is 14.0. The highest BCUT2D eigenvalue weighted by atomic mass is 16.5. The second-order valence-corrected chi connectivity index (χ2v) is 4.80. The minimum atomic E-state index is -0.213. The molecule has 1 aliphatic rings. The van der Waals surface area contributed by atoms with Crippen LogP contribution in [0.4, 0.5) is 0 Å². The van der Waals surface area contributed by atoms with Crippen LogP contribution in [0.2, 0.25) is 0 Å². The number of carbonyl (C=O) groups is 1. The maximum atomic E-state index is 12.3. The molecular weight excluding hydrogens is 242 g/mol. The number of pyridine rings is 1. The Labute approximate surface area is 114 Å². The lowest BCUT2D eigenvalue weighted by Gasteiger charge is -2.30. The summed E-state index contributed by atoms with van der Waals surface area (Å²) in [5, 5.41) is 3.30. The van der Waals surface area contributed by atoms with Crippen LogP contribution in [0.3, 0.4) is 0 Å². The van der Waals surface area contributed by atoms with Crippen molar-refractivity contribution in [2.45, 2.75) is 25.9 Å². The molecule has 1 unspecified atom stereocenters. The summed E-state index contributed by atoms with van der Waals surface area (Å²) in [7, 11) is 0. The molecule has 1 aliphatic heterocycles. The molecule has 1 N–H and O–H groups in total. The van der Waals surface area contributed by atoms with Gasteiger partial charge in [-0.15, -0.1) is 0 Å². The Morgan fingerprint density at radius 3 is 2.74 bits per heavy atom. The van der Waals surface area contributed by atoms with Crippen LogP contribution in [0.5, 0.6) is 0 Å². The number of ether oxygens (including phenoxy) is 1. The molecule has 2 heterocycles. The summed E-state index contributed by atoms with van der Waals surface area (Å²) in [6.07, 6.45) is 1.77. The van der Waals surface area contributed by atoms with Crippen molar-refractivity contribution in [3.05, 3.63) is 30.1 Å². The van der Waals surface area contributed by atoms with Gasteiger partial charge >= 0.3 is 0 Å². The van der Waals surface area contributed by atoms with Gasteiger partial charge in [-0.1, -0.05) is 6.07 Å². The van der Waals surface area contributed by atoms with Crippen LogP contribution in [-0.4, -0.2) is 48.1 Å². The second-order valence-electron chi connectivity index (χ2n) is 4.80. The number of hydrogen-bond acceptors (Lipinski definition) is 4. The number of morpholine rings is 1. The molecule has 1 aromatic rings. The van der Waals surface area contributed by atoms with Crippen molar-refractivity contribution in [1.82, 2.24) is 15.2 Å². The molecule has 0 aliphatic carbocycles. The molecular formula is C14H21N3O2. The molecule has 1 saturated heterocycles. The molecule has 1 amide bonds. The minimum Gasteiger partial charge on any atom is -0.378 e. The first-order valence-electron chi connectivity index (χ1n) is 6.72. The van der Waals surface area contributed by atoms with E-state index in [-0.39, 0.29) is 18.0 Å². The van der Waals surface area contributed by atoms with E-state index in [9.17, 15) is 4.79 Å². The number of amides is 1. The number of nitrogens with zero attached hydrogens (tertiary/aromatic N) is 2. The van der Waals surface area contributed by atoms with Gasteiger partial charge in [0.1, 0.15) is 0 Å². The molecule has 0 aromatic carbocycles. The molecule has 5 nitrogen and oxygen atoms in total. The highest BCUT2D eigenvalue weighted by Crippen LogP contribution is 2.10. The third-order valence-electron chi connectivity index (χ3n) is 3.32. The van der Waals surface area contributed by atoms with Gasteiger partial charge in [0.25, 0.3) is 0 Å². The number of rotatable bonds is 4. The van der Waals surface area contributed by atoms with Gasteiger partial charge in [0, 0.05) is 25.3 Å². The van der Waals surface area contributed by atoms with Crippen LogP contribution in [0.15, 0.2) is 24.4 Å². The van der Waals surface area contributed by atoms with E-state index < -0.39 is 0 Å². The molecule has 0 radical (unpaired) electrons. The minimum absolute atomic E-state index is 0.0567. The van der Waals surface area contributed by atoms with E-state index in [1.807, 2.05) is 36.9 Å². The van der Waals surface area contributed by atoms with Crippen molar-refractivity contribution in [2.75, 3.05) is 26.3 Å². The summed E-state index contributed by atoms with van der Waals surface area (Å²) in [6.45, 7) is 6.55. The fourth-order valence-corrected chi connectivity index (χ4v) is 2.22. The van der Waals surface area contributed by atoms with E-state index in [4.69, 9.17) is 4.74 Å². The largest absolute Gasteiger partial charge is 0.378 e. The fraction of sp³-hybridized carbons (Fsp3) is 0.571. The van der Waals surface area contributed by atoms with Gasteiger partial charge in [-0.2, -0.15) is 0 Å². The Hall–Kier alpha value is -1.46. The van der Waals surface area contributed by atoms with Crippen LogP contribution >= 0.6 is 0 Å². The van der Waals surface area contributed by atoms with E-state index in [1.165, 1.54) is 0 Å². The van der Waals surface area contributed by atoms with Crippen molar-refractivity contribution >= 4 is 5.91 Å². The molecule has 104 valence electrons. The normalized spacial score (nSPS) is 18.9. The van der Waals surface area contributed by atoms with E-state index in [1.54, 1.807) is 6.20 Å². The molecule has 0 bridgehead atoms. The molecule has 0 saturated carbocycles. The summed E-state index contributed by atoms with van der Waals surface area (Å²) in [5.41, 5.74) is 0.948. The molecule has 5 heteroatoms. The Balaban J connectivity index is 1.89. The first-order chi connectivity index (χ1) is 9.18. The van der Waals surface area contributed by atoms with Crippen LogP contribution in [0.25, 0.3) is 0 Å². The zero-order valence-corrected chi connectivity index (χ0v) is 11.5. The monoisotopic (exact) mass is 263 g/mol. The van der Waals surface area contributed by atoms with Gasteiger partial charge in [0.05, 0.1) is 24.9 Å². The first-order valence-corrected chi connectivity index (χ1v) is 6.72. The molecule has 1 aromatic heterocycles. The average Bonchev–Trinajstić information content (AvgIpc) is 2.48. The van der Waals surface area contributed by atoms with Crippen molar-refractivity contribution in [3.63, 3.8) is 0 Å². The predicted molar refractivity (Wildman–Crippen MR) is 72.6 cm³/mol. The highest BCUT2D eigenvalue weighted by Gasteiger charge is 2.23. The Bertz CT molecular complexity index is 404. The van der Waals surface area contributed by atoms with Gasteiger partial charge in [-0.05, 0) is 26.0 Å².